The van der Waals surface area contributed by atoms with Gasteiger partial charge in [-0.25, -0.2) is 13.2 Å². The van der Waals surface area contributed by atoms with Gasteiger partial charge < -0.3 is 19.7 Å². The molecule has 3 unspecified atom stereocenters. The van der Waals surface area contributed by atoms with Gasteiger partial charge in [0.1, 0.15) is 17.4 Å². The second-order valence-electron chi connectivity index (χ2n) is 9.99. The average molecular weight is 546 g/mol. The van der Waals surface area contributed by atoms with Crippen LogP contribution in [0.2, 0.25) is 0 Å². The molecule has 2 aromatic rings. The molecule has 2 fully saturated rings. The lowest BCUT2D eigenvalue weighted by Gasteiger charge is -2.25. The number of hydrogen-bond donors (Lipinski definition) is 1. The first-order valence-electron chi connectivity index (χ1n) is 11.9. The van der Waals surface area contributed by atoms with E-state index in [9.17, 15) is 18.0 Å². The number of thioether (sulfide) groups is 1. The molecule has 0 spiro atoms. The van der Waals surface area contributed by atoms with Crippen molar-refractivity contribution in [1.29, 1.82) is 0 Å². The van der Waals surface area contributed by atoms with Gasteiger partial charge >= 0.3 is 6.09 Å². The number of amides is 2. The van der Waals surface area contributed by atoms with E-state index in [1.54, 1.807) is 40.0 Å². The van der Waals surface area contributed by atoms with Crippen molar-refractivity contribution < 1.29 is 27.5 Å². The fraction of sp³-hybridized carbons (Fsp3) is 0.423. The molecule has 2 heterocycles. The minimum absolute atomic E-state index is 0.0196. The molecule has 0 aromatic heterocycles. The van der Waals surface area contributed by atoms with Crippen molar-refractivity contribution in [3.8, 4) is 5.75 Å². The molecule has 9 nitrogen and oxygen atoms in total. The van der Waals surface area contributed by atoms with Gasteiger partial charge in [-0.2, -0.15) is 4.99 Å². The highest BCUT2D eigenvalue weighted by atomic mass is 32.2. The summed E-state index contributed by atoms with van der Waals surface area (Å²) >= 11 is 1.28. The summed E-state index contributed by atoms with van der Waals surface area (Å²) < 4.78 is 35.4. The van der Waals surface area contributed by atoms with E-state index >= 15 is 0 Å². The van der Waals surface area contributed by atoms with Gasteiger partial charge in [0.15, 0.2) is 15.0 Å². The number of amidine groups is 1. The highest BCUT2D eigenvalue weighted by Gasteiger charge is 2.49. The molecule has 2 amide bonds. The standard InChI is InChI=1S/C26H31N3O6S2/c1-26(2,3)35-25(31)27-20(14-17-8-6-5-7-9-17)23(30)28-24-29(18-10-12-19(34-4)13-11-18)21-15-37(32,33)16-22(21)36-24/h5-13,20-22H,14-16H2,1-4H3,(H,27,31). The molecule has 37 heavy (non-hydrogen) atoms. The summed E-state index contributed by atoms with van der Waals surface area (Å²) in [7, 11) is -1.64. The number of alkyl carbamates (subject to hydrolysis) is 1. The largest absolute Gasteiger partial charge is 0.497 e. The zero-order chi connectivity index (χ0) is 26.8. The van der Waals surface area contributed by atoms with E-state index in [-0.39, 0.29) is 29.2 Å². The average Bonchev–Trinajstić information content (AvgIpc) is 3.28. The van der Waals surface area contributed by atoms with E-state index in [2.05, 4.69) is 10.3 Å². The Labute approximate surface area is 221 Å². The van der Waals surface area contributed by atoms with Crippen LogP contribution in [0.3, 0.4) is 0 Å². The number of fused-ring (bicyclic) bond motifs is 1. The van der Waals surface area contributed by atoms with Crippen molar-refractivity contribution in [1.82, 2.24) is 5.32 Å². The Morgan fingerprint density at radius 3 is 2.41 bits per heavy atom. The van der Waals surface area contributed by atoms with Crippen molar-refractivity contribution in [2.24, 2.45) is 4.99 Å². The quantitative estimate of drug-likeness (QED) is 0.587. The molecular formula is C26H31N3O6S2. The summed E-state index contributed by atoms with van der Waals surface area (Å²) in [6.45, 7) is 5.24. The molecule has 0 radical (unpaired) electrons. The van der Waals surface area contributed by atoms with Crippen molar-refractivity contribution in [3.63, 3.8) is 0 Å². The van der Waals surface area contributed by atoms with Crippen LogP contribution in [0.1, 0.15) is 26.3 Å². The highest BCUT2D eigenvalue weighted by molar-refractivity contribution is 8.16. The molecule has 11 heteroatoms. The van der Waals surface area contributed by atoms with E-state index in [1.165, 1.54) is 11.8 Å². The van der Waals surface area contributed by atoms with Crippen LogP contribution in [-0.4, -0.2) is 67.1 Å². The molecule has 198 valence electrons. The third-order valence-electron chi connectivity index (χ3n) is 5.89. The molecule has 3 atom stereocenters. The summed E-state index contributed by atoms with van der Waals surface area (Å²) in [4.78, 5) is 32.3. The molecule has 0 saturated carbocycles. The predicted molar refractivity (Wildman–Crippen MR) is 145 cm³/mol. The van der Waals surface area contributed by atoms with Gasteiger partial charge in [0.25, 0.3) is 5.91 Å². The minimum Gasteiger partial charge on any atom is -0.497 e. The fourth-order valence-corrected chi connectivity index (χ4v) is 8.20. The van der Waals surface area contributed by atoms with Gasteiger partial charge in [-0.15, -0.1) is 0 Å². The zero-order valence-electron chi connectivity index (χ0n) is 21.2. The maximum absolute atomic E-state index is 13.5. The first-order valence-corrected chi connectivity index (χ1v) is 14.6. The van der Waals surface area contributed by atoms with Crippen LogP contribution in [-0.2, 0) is 25.8 Å². The summed E-state index contributed by atoms with van der Waals surface area (Å²) in [5.74, 6) is 0.114. The zero-order valence-corrected chi connectivity index (χ0v) is 22.8. The minimum atomic E-state index is -3.20. The third kappa shape index (κ3) is 6.84. The number of carbonyl (C=O) groups is 2. The topological polar surface area (TPSA) is 114 Å². The number of ether oxygens (including phenoxy) is 2. The van der Waals surface area contributed by atoms with Crippen LogP contribution >= 0.6 is 11.8 Å². The Morgan fingerprint density at radius 1 is 1.11 bits per heavy atom. The van der Waals surface area contributed by atoms with Crippen LogP contribution < -0.4 is 15.0 Å². The number of rotatable bonds is 6. The van der Waals surface area contributed by atoms with Gasteiger partial charge in [0.2, 0.25) is 0 Å². The van der Waals surface area contributed by atoms with Gasteiger partial charge in [0, 0.05) is 17.4 Å². The number of benzene rings is 2. The normalized spacial score (nSPS) is 22.4. The van der Waals surface area contributed by atoms with E-state index in [0.29, 0.717) is 16.6 Å². The smallest absolute Gasteiger partial charge is 0.408 e. The van der Waals surface area contributed by atoms with Gasteiger partial charge in [-0.3, -0.25) is 4.79 Å². The van der Waals surface area contributed by atoms with Crippen molar-refractivity contribution in [2.75, 3.05) is 23.5 Å². The monoisotopic (exact) mass is 545 g/mol. The summed E-state index contributed by atoms with van der Waals surface area (Å²) in [6.07, 6.45) is -0.486. The summed E-state index contributed by atoms with van der Waals surface area (Å²) in [5.41, 5.74) is 0.835. The molecule has 0 aliphatic carbocycles. The van der Waals surface area contributed by atoms with Crippen molar-refractivity contribution >= 4 is 44.5 Å². The van der Waals surface area contributed by atoms with Crippen molar-refractivity contribution in [2.45, 2.75) is 50.1 Å². The molecule has 2 aromatic carbocycles. The highest BCUT2D eigenvalue weighted by Crippen LogP contribution is 2.41. The Morgan fingerprint density at radius 2 is 1.78 bits per heavy atom. The Kier molecular flexibility index (Phi) is 7.84. The molecule has 2 aliphatic heterocycles. The number of carbonyl (C=O) groups excluding carboxylic acids is 2. The number of nitrogens with one attached hydrogen (secondary N) is 1. The van der Waals surface area contributed by atoms with Crippen LogP contribution in [0.15, 0.2) is 59.6 Å². The van der Waals surface area contributed by atoms with E-state index in [0.717, 1.165) is 5.56 Å². The van der Waals surface area contributed by atoms with Crippen LogP contribution in [0.25, 0.3) is 0 Å². The van der Waals surface area contributed by atoms with E-state index in [1.807, 2.05) is 47.4 Å². The first-order chi connectivity index (χ1) is 17.4. The first kappa shape index (κ1) is 27.0. The number of nitrogens with zero attached hydrogens (tertiary/aromatic N) is 2. The number of sulfone groups is 1. The van der Waals surface area contributed by atoms with Crippen LogP contribution in [0.4, 0.5) is 10.5 Å². The molecule has 2 aliphatic rings. The Hall–Kier alpha value is -3.05. The van der Waals surface area contributed by atoms with E-state index < -0.39 is 33.5 Å². The van der Waals surface area contributed by atoms with Crippen LogP contribution in [0.5, 0.6) is 5.75 Å². The van der Waals surface area contributed by atoms with Crippen LogP contribution in [0, 0.1) is 0 Å². The maximum Gasteiger partial charge on any atom is 0.408 e. The Bertz CT molecular complexity index is 1270. The lowest BCUT2D eigenvalue weighted by atomic mass is 10.1. The molecule has 4 rings (SSSR count). The van der Waals surface area contributed by atoms with E-state index in [4.69, 9.17) is 9.47 Å². The second kappa shape index (κ2) is 10.7. The number of hydrogen-bond acceptors (Lipinski definition) is 7. The van der Waals surface area contributed by atoms with Gasteiger partial charge in [-0.1, -0.05) is 42.1 Å². The number of anilines is 1. The summed E-state index contributed by atoms with van der Waals surface area (Å²) in [5, 5.41) is 2.83. The SMILES string of the molecule is COc1ccc(N2C(=NC(=O)C(Cc3ccccc3)NC(=O)OC(C)(C)C)SC3CS(=O)(=O)CC32)cc1. The Balaban J connectivity index is 1.64. The maximum atomic E-state index is 13.5. The second-order valence-corrected chi connectivity index (χ2v) is 13.3. The molecule has 2 saturated heterocycles. The lowest BCUT2D eigenvalue weighted by molar-refractivity contribution is -0.119. The number of aliphatic imine (C=N–C) groups is 1. The number of methoxy groups -OCH3 is 1. The van der Waals surface area contributed by atoms with Crippen molar-refractivity contribution in [3.05, 3.63) is 60.2 Å². The van der Waals surface area contributed by atoms with Gasteiger partial charge in [0.05, 0.1) is 24.7 Å². The molecular weight excluding hydrogens is 514 g/mol. The fourth-order valence-electron chi connectivity index (χ4n) is 4.28. The lowest BCUT2D eigenvalue weighted by Crippen LogP contribution is -2.45. The summed E-state index contributed by atoms with van der Waals surface area (Å²) in [6, 6.07) is 15.2. The predicted octanol–water partition coefficient (Wildman–Crippen LogP) is 3.43. The third-order valence-corrected chi connectivity index (χ3v) is 9.10. The van der Waals surface area contributed by atoms with Gasteiger partial charge in [-0.05, 0) is 50.6 Å². The molecule has 0 bridgehead atoms. The molecule has 1 N–H and O–H groups in total.